The Hall–Kier alpha value is -5.07. The molecular weight excluding hydrogens is 613 g/mol. The molecule has 0 aliphatic carbocycles. The Morgan fingerprint density at radius 2 is 1.56 bits per heavy atom. The number of anilines is 2. The number of hydrogen-bond donors (Lipinski definition) is 2. The number of fused-ring (bicyclic) bond motifs is 2. The Morgan fingerprint density at radius 1 is 0.822 bits per heavy atom. The maximum absolute atomic E-state index is 13.6. The molecule has 0 radical (unpaired) electrons. The molecule has 0 unspecified atom stereocenters. The van der Waals surface area contributed by atoms with Crippen molar-refractivity contribution in [2.75, 3.05) is 30.0 Å². The van der Waals surface area contributed by atoms with E-state index in [1.54, 1.807) is 74.0 Å². The molecule has 230 valence electrons. The molecule has 6 aromatic rings. The van der Waals surface area contributed by atoms with Gasteiger partial charge in [0.2, 0.25) is 0 Å². The monoisotopic (exact) mass is 642 g/mol. The van der Waals surface area contributed by atoms with E-state index >= 15 is 0 Å². The van der Waals surface area contributed by atoms with Crippen molar-refractivity contribution in [2.24, 2.45) is 7.05 Å². The van der Waals surface area contributed by atoms with Gasteiger partial charge < -0.3 is 19.2 Å². The van der Waals surface area contributed by atoms with Crippen LogP contribution in [0.4, 0.5) is 11.4 Å². The van der Waals surface area contributed by atoms with E-state index in [1.165, 1.54) is 16.7 Å². The zero-order valence-corrected chi connectivity index (χ0v) is 26.5. The van der Waals surface area contributed by atoms with E-state index in [-0.39, 0.29) is 21.0 Å². The molecule has 2 heterocycles. The Bertz CT molecular complexity index is 2390. The van der Waals surface area contributed by atoms with Crippen LogP contribution in [0.1, 0.15) is 0 Å². The summed E-state index contributed by atoms with van der Waals surface area (Å²) >= 11 is 0. The van der Waals surface area contributed by atoms with Crippen molar-refractivity contribution in [1.82, 2.24) is 9.55 Å². The number of aromatic amines is 1. The third-order valence-electron chi connectivity index (χ3n) is 7.51. The van der Waals surface area contributed by atoms with E-state index in [2.05, 4.69) is 9.71 Å². The van der Waals surface area contributed by atoms with Gasteiger partial charge in [-0.2, -0.15) is 0 Å². The number of hydrogen-bond acceptors (Lipinski definition) is 7. The van der Waals surface area contributed by atoms with E-state index < -0.39 is 19.9 Å². The molecule has 0 fully saturated rings. The molecule has 2 aromatic heterocycles. The molecule has 0 aliphatic heterocycles. The van der Waals surface area contributed by atoms with Crippen LogP contribution < -0.4 is 19.9 Å². The van der Waals surface area contributed by atoms with Crippen LogP contribution in [-0.2, 0) is 26.9 Å². The van der Waals surface area contributed by atoms with Crippen molar-refractivity contribution < 1.29 is 21.6 Å². The van der Waals surface area contributed by atoms with E-state index in [4.69, 9.17) is 4.74 Å². The normalized spacial score (nSPS) is 12.0. The highest BCUT2D eigenvalue weighted by Crippen LogP contribution is 2.39. The molecule has 0 saturated heterocycles. The molecule has 0 atom stereocenters. The summed E-state index contributed by atoms with van der Waals surface area (Å²) in [5.74, 6) is 0.625. The Morgan fingerprint density at radius 3 is 2.31 bits per heavy atom. The second-order valence-electron chi connectivity index (χ2n) is 10.9. The highest BCUT2D eigenvalue weighted by atomic mass is 32.2. The maximum Gasteiger partial charge on any atom is 0.274 e. The number of aromatic nitrogens is 2. The molecule has 4 aromatic carbocycles. The first kappa shape index (κ1) is 30.0. The van der Waals surface area contributed by atoms with Crippen LogP contribution in [0.5, 0.6) is 11.5 Å². The van der Waals surface area contributed by atoms with Crippen molar-refractivity contribution in [3.8, 4) is 22.6 Å². The van der Waals surface area contributed by atoms with E-state index in [9.17, 15) is 21.6 Å². The predicted molar refractivity (Wildman–Crippen MR) is 178 cm³/mol. The number of pyridine rings is 1. The second-order valence-corrected chi connectivity index (χ2v) is 14.6. The van der Waals surface area contributed by atoms with Crippen LogP contribution in [0.2, 0.25) is 0 Å². The number of rotatable bonds is 8. The molecule has 0 saturated carbocycles. The Balaban J connectivity index is 1.39. The minimum Gasteiger partial charge on any atom is -0.457 e. The lowest BCUT2D eigenvalue weighted by Crippen LogP contribution is -2.16. The van der Waals surface area contributed by atoms with Crippen LogP contribution in [0, 0.1) is 0 Å². The largest absolute Gasteiger partial charge is 0.457 e. The van der Waals surface area contributed by atoms with Gasteiger partial charge in [-0.15, -0.1) is 0 Å². The lowest BCUT2D eigenvalue weighted by atomic mass is 10.0. The Kier molecular flexibility index (Phi) is 7.42. The van der Waals surface area contributed by atoms with Gasteiger partial charge in [0.1, 0.15) is 17.0 Å². The summed E-state index contributed by atoms with van der Waals surface area (Å²) in [5, 5.41) is 2.00. The van der Waals surface area contributed by atoms with Gasteiger partial charge in [-0.05, 0) is 48.5 Å². The number of sulfonamides is 1. The van der Waals surface area contributed by atoms with Crippen LogP contribution in [0.15, 0.2) is 112 Å². The zero-order valence-electron chi connectivity index (χ0n) is 24.9. The van der Waals surface area contributed by atoms with Gasteiger partial charge in [0, 0.05) is 78.8 Å². The van der Waals surface area contributed by atoms with Gasteiger partial charge in [0.05, 0.1) is 15.5 Å². The fourth-order valence-electron chi connectivity index (χ4n) is 5.37. The molecule has 10 nitrogen and oxygen atoms in total. The van der Waals surface area contributed by atoms with E-state index in [0.717, 1.165) is 17.3 Å². The summed E-state index contributed by atoms with van der Waals surface area (Å²) in [4.78, 5) is 17.8. The van der Waals surface area contributed by atoms with Gasteiger partial charge in [0.15, 0.2) is 9.84 Å². The van der Waals surface area contributed by atoms with Gasteiger partial charge in [-0.3, -0.25) is 9.52 Å². The molecule has 6 rings (SSSR count). The second kappa shape index (κ2) is 11.1. The van der Waals surface area contributed by atoms with E-state index in [0.29, 0.717) is 38.9 Å². The number of ether oxygens (including phenoxy) is 1. The van der Waals surface area contributed by atoms with Crippen molar-refractivity contribution >= 4 is 52.9 Å². The summed E-state index contributed by atoms with van der Waals surface area (Å²) in [6.07, 6.45) is 4.39. The van der Waals surface area contributed by atoms with Crippen LogP contribution in [0.3, 0.4) is 0 Å². The number of benzene rings is 4. The molecular formula is C33H30N4O6S2. The third-order valence-corrected chi connectivity index (χ3v) is 10.1. The molecule has 2 N–H and O–H groups in total. The fraction of sp³-hybridized carbons (Fsp3) is 0.121. The molecule has 0 aliphatic rings. The predicted octanol–water partition coefficient (Wildman–Crippen LogP) is 5.75. The molecule has 12 heteroatoms. The summed E-state index contributed by atoms with van der Waals surface area (Å²) in [6, 6.07) is 23.4. The standard InChI is InChI=1S/C33H30N4O6S2/c1-36(2)29-12-6-11-25-24(29)10-7-13-31(25)45(41,42)35-21-8-5-9-22(18-21)43-30-15-14-23(44(4,39)40)19-27(30)28-20-37(3)33(38)32-26(28)16-17-34-32/h5-20,34-35H,1-4H3. The average Bonchev–Trinajstić information content (AvgIpc) is 3.48. The van der Waals surface area contributed by atoms with Crippen LogP contribution in [-0.4, -0.2) is 46.7 Å². The zero-order chi connectivity index (χ0) is 32.1. The van der Waals surface area contributed by atoms with Crippen molar-refractivity contribution in [3.05, 3.63) is 108 Å². The molecule has 45 heavy (non-hydrogen) atoms. The van der Waals surface area contributed by atoms with Crippen molar-refractivity contribution in [1.29, 1.82) is 0 Å². The van der Waals surface area contributed by atoms with Crippen molar-refractivity contribution in [2.45, 2.75) is 9.79 Å². The first-order valence-corrected chi connectivity index (χ1v) is 17.2. The molecule has 0 amide bonds. The SMILES string of the molecule is CN(C)c1cccc2c(S(=O)(=O)Nc3cccc(Oc4ccc(S(C)(=O)=O)cc4-c4cn(C)c(=O)c5[nH]ccc45)c3)cccc12. The minimum absolute atomic E-state index is 0.0800. The van der Waals surface area contributed by atoms with Gasteiger partial charge >= 0.3 is 0 Å². The van der Waals surface area contributed by atoms with Crippen LogP contribution >= 0.6 is 0 Å². The van der Waals surface area contributed by atoms with Gasteiger partial charge in [-0.1, -0.05) is 30.3 Å². The lowest BCUT2D eigenvalue weighted by molar-refractivity contribution is 0.484. The number of aryl methyl sites for hydroxylation is 1. The maximum atomic E-state index is 13.6. The van der Waals surface area contributed by atoms with Gasteiger partial charge in [0.25, 0.3) is 15.6 Å². The number of nitrogens with zero attached hydrogens (tertiary/aromatic N) is 2. The smallest absolute Gasteiger partial charge is 0.274 e. The summed E-state index contributed by atoms with van der Waals surface area (Å²) in [7, 11) is -2.15. The van der Waals surface area contributed by atoms with Crippen molar-refractivity contribution in [3.63, 3.8) is 0 Å². The number of H-pyrrole nitrogens is 1. The van der Waals surface area contributed by atoms with E-state index in [1.807, 2.05) is 37.2 Å². The summed E-state index contributed by atoms with van der Waals surface area (Å²) in [5.41, 5.74) is 2.33. The van der Waals surface area contributed by atoms with Crippen LogP contribution in [0.25, 0.3) is 32.8 Å². The molecule has 0 spiro atoms. The topological polar surface area (TPSA) is 131 Å². The lowest BCUT2D eigenvalue weighted by Gasteiger charge is -2.17. The minimum atomic E-state index is -4.00. The third kappa shape index (κ3) is 5.65. The highest BCUT2D eigenvalue weighted by Gasteiger charge is 2.21. The highest BCUT2D eigenvalue weighted by molar-refractivity contribution is 7.93. The first-order chi connectivity index (χ1) is 21.3. The van der Waals surface area contributed by atoms with Gasteiger partial charge in [-0.25, -0.2) is 16.8 Å². The quantitative estimate of drug-likeness (QED) is 0.216. The molecule has 0 bridgehead atoms. The fourth-order valence-corrected chi connectivity index (χ4v) is 7.29. The Labute approximate surface area is 260 Å². The first-order valence-electron chi connectivity index (χ1n) is 13.8. The summed E-state index contributed by atoms with van der Waals surface area (Å²) in [6.45, 7) is 0. The number of nitrogens with one attached hydrogen (secondary N) is 2. The number of sulfone groups is 1. The average molecular weight is 643 g/mol. The summed E-state index contributed by atoms with van der Waals surface area (Å²) < 4.78 is 62.6.